The molecule has 0 heterocycles. The molecule has 0 aliphatic carbocycles. The van der Waals surface area contributed by atoms with E-state index in [0.29, 0.717) is 11.1 Å². The molecule has 0 aliphatic heterocycles. The van der Waals surface area contributed by atoms with Gasteiger partial charge in [0.15, 0.2) is 0 Å². The molecule has 2 atom stereocenters. The molecule has 0 aliphatic rings. The van der Waals surface area contributed by atoms with Crippen molar-refractivity contribution in [1.82, 2.24) is 0 Å². The lowest BCUT2D eigenvalue weighted by molar-refractivity contribution is 0.0619. The lowest BCUT2D eigenvalue weighted by Crippen LogP contribution is -2.19. The molecule has 0 aromatic heterocycles. The fourth-order valence-electron chi connectivity index (χ4n) is 1.42. The second-order valence-corrected chi connectivity index (χ2v) is 3.98. The molecule has 0 saturated carbocycles. The quantitative estimate of drug-likeness (QED) is 0.592. The third-order valence-corrected chi connectivity index (χ3v) is 2.54. The molecule has 98 valence electrons. The van der Waals surface area contributed by atoms with E-state index in [9.17, 15) is 10.2 Å². The Morgan fingerprint density at radius 2 is 1.94 bits per heavy atom. The van der Waals surface area contributed by atoms with Gasteiger partial charge < -0.3 is 20.4 Å². The summed E-state index contributed by atoms with van der Waals surface area (Å²) in [4.78, 5) is 0. The van der Waals surface area contributed by atoms with Crippen molar-refractivity contribution in [2.45, 2.75) is 25.7 Å². The summed E-state index contributed by atoms with van der Waals surface area (Å²) in [5, 5.41) is 37.0. The number of benzene rings is 1. The van der Waals surface area contributed by atoms with Gasteiger partial charge in [-0.1, -0.05) is 36.4 Å². The van der Waals surface area contributed by atoms with Gasteiger partial charge in [-0.05, 0) is 18.6 Å². The van der Waals surface area contributed by atoms with Crippen LogP contribution in [0.1, 0.15) is 18.1 Å². The van der Waals surface area contributed by atoms with Crippen LogP contribution < -0.4 is 0 Å². The van der Waals surface area contributed by atoms with Crippen molar-refractivity contribution in [3.05, 3.63) is 47.6 Å². The molecule has 0 amide bonds. The topological polar surface area (TPSA) is 80.9 Å². The Balaban J connectivity index is 2.76. The fourth-order valence-corrected chi connectivity index (χ4v) is 1.42. The minimum absolute atomic E-state index is 0.0487. The highest BCUT2D eigenvalue weighted by Gasteiger charge is 2.05. The second kappa shape index (κ2) is 6.96. The van der Waals surface area contributed by atoms with Gasteiger partial charge in [0.1, 0.15) is 5.75 Å². The first-order valence-electron chi connectivity index (χ1n) is 5.69. The number of allylic oxidation sites excluding steroid dienone is 2. The fraction of sp³-hybridized carbons (Fsp3) is 0.286. The lowest BCUT2D eigenvalue weighted by atomic mass is 10.1. The van der Waals surface area contributed by atoms with Crippen molar-refractivity contribution in [3.8, 4) is 5.75 Å². The molecule has 0 saturated heterocycles. The zero-order valence-electron chi connectivity index (χ0n) is 10.2. The summed E-state index contributed by atoms with van der Waals surface area (Å²) in [6, 6.07) is 4.96. The predicted molar refractivity (Wildman–Crippen MR) is 69.9 cm³/mol. The van der Waals surface area contributed by atoms with E-state index >= 15 is 0 Å². The minimum atomic E-state index is -0.906. The van der Waals surface area contributed by atoms with Gasteiger partial charge in [-0.15, -0.1) is 0 Å². The van der Waals surface area contributed by atoms with Crippen LogP contribution in [0.2, 0.25) is 0 Å². The van der Waals surface area contributed by atoms with E-state index in [-0.39, 0.29) is 12.4 Å². The molecular formula is C14H18O4. The van der Waals surface area contributed by atoms with Crippen LogP contribution in [0.15, 0.2) is 36.4 Å². The van der Waals surface area contributed by atoms with Crippen LogP contribution in [0, 0.1) is 0 Å². The lowest BCUT2D eigenvalue weighted by Gasteiger charge is -2.07. The number of aromatic hydroxyl groups is 1. The van der Waals surface area contributed by atoms with E-state index in [1.165, 1.54) is 19.1 Å². The van der Waals surface area contributed by atoms with Crippen LogP contribution in [-0.4, -0.2) is 32.6 Å². The van der Waals surface area contributed by atoms with E-state index in [1.807, 2.05) is 0 Å². The zero-order valence-corrected chi connectivity index (χ0v) is 10.2. The van der Waals surface area contributed by atoms with Gasteiger partial charge >= 0.3 is 0 Å². The molecule has 1 rings (SSSR count). The van der Waals surface area contributed by atoms with Crippen molar-refractivity contribution in [2.75, 3.05) is 0 Å². The Bertz CT molecular complexity index is 435. The zero-order chi connectivity index (χ0) is 13.5. The van der Waals surface area contributed by atoms with Gasteiger partial charge in [0.05, 0.1) is 18.8 Å². The standard InChI is InChI=1S/C14H18O4/c1-10(16)13(17)7-3-2-5-11-6-4-8-14(18)12(11)9-15/h2-8,10,13,15-18H,9H2,1H3/b5-2+,7-3+. The molecule has 18 heavy (non-hydrogen) atoms. The van der Waals surface area contributed by atoms with Crippen molar-refractivity contribution in [3.63, 3.8) is 0 Å². The van der Waals surface area contributed by atoms with E-state index < -0.39 is 12.2 Å². The normalized spacial score (nSPS) is 15.3. The summed E-state index contributed by atoms with van der Waals surface area (Å²) in [6.45, 7) is 1.25. The predicted octanol–water partition coefficient (Wildman–Crippen LogP) is 1.20. The number of rotatable bonds is 5. The largest absolute Gasteiger partial charge is 0.508 e. The number of hydrogen-bond acceptors (Lipinski definition) is 4. The Kier molecular flexibility index (Phi) is 5.58. The molecule has 0 radical (unpaired) electrons. The van der Waals surface area contributed by atoms with Crippen molar-refractivity contribution >= 4 is 6.08 Å². The van der Waals surface area contributed by atoms with Gasteiger partial charge in [0.2, 0.25) is 0 Å². The summed E-state index contributed by atoms with van der Waals surface area (Å²) in [6.07, 6.45) is 4.71. The molecule has 2 unspecified atom stereocenters. The highest BCUT2D eigenvalue weighted by molar-refractivity contribution is 5.58. The van der Waals surface area contributed by atoms with Gasteiger partial charge in [0.25, 0.3) is 0 Å². The summed E-state index contributed by atoms with van der Waals surface area (Å²) < 4.78 is 0. The van der Waals surface area contributed by atoms with Gasteiger partial charge in [-0.3, -0.25) is 0 Å². The highest BCUT2D eigenvalue weighted by Crippen LogP contribution is 2.21. The Labute approximate surface area is 106 Å². The maximum absolute atomic E-state index is 9.52. The second-order valence-electron chi connectivity index (χ2n) is 3.98. The summed E-state index contributed by atoms with van der Waals surface area (Å²) in [5.41, 5.74) is 1.16. The highest BCUT2D eigenvalue weighted by atomic mass is 16.3. The first-order valence-corrected chi connectivity index (χ1v) is 5.69. The molecule has 0 fully saturated rings. The van der Waals surface area contributed by atoms with Gasteiger partial charge in [-0.2, -0.15) is 0 Å². The molecule has 1 aromatic rings. The number of hydrogen-bond donors (Lipinski definition) is 4. The monoisotopic (exact) mass is 250 g/mol. The molecule has 0 spiro atoms. The number of aliphatic hydroxyl groups is 3. The van der Waals surface area contributed by atoms with Crippen LogP contribution in [0.25, 0.3) is 6.08 Å². The van der Waals surface area contributed by atoms with Crippen LogP contribution in [0.5, 0.6) is 5.75 Å². The van der Waals surface area contributed by atoms with E-state index in [0.717, 1.165) is 0 Å². The first kappa shape index (κ1) is 14.4. The summed E-state index contributed by atoms with van der Waals surface area (Å²) in [5.74, 6) is 0.0487. The van der Waals surface area contributed by atoms with Crippen molar-refractivity contribution < 1.29 is 20.4 Å². The van der Waals surface area contributed by atoms with Crippen LogP contribution in [0.4, 0.5) is 0 Å². The number of phenols is 1. The molecule has 1 aromatic carbocycles. The maximum atomic E-state index is 9.52. The van der Waals surface area contributed by atoms with Crippen LogP contribution in [0.3, 0.4) is 0 Å². The molecular weight excluding hydrogens is 232 g/mol. The Hall–Kier alpha value is -1.62. The molecule has 4 N–H and O–H groups in total. The smallest absolute Gasteiger partial charge is 0.121 e. The molecule has 4 heteroatoms. The number of aliphatic hydroxyl groups excluding tert-OH is 3. The first-order chi connectivity index (χ1) is 8.56. The van der Waals surface area contributed by atoms with Crippen molar-refractivity contribution in [1.29, 1.82) is 0 Å². The average Bonchev–Trinajstić information content (AvgIpc) is 2.34. The van der Waals surface area contributed by atoms with E-state index in [4.69, 9.17) is 10.2 Å². The van der Waals surface area contributed by atoms with E-state index in [1.54, 1.807) is 30.4 Å². The summed E-state index contributed by atoms with van der Waals surface area (Å²) >= 11 is 0. The van der Waals surface area contributed by atoms with E-state index in [2.05, 4.69) is 0 Å². The Morgan fingerprint density at radius 1 is 1.22 bits per heavy atom. The third-order valence-electron chi connectivity index (χ3n) is 2.54. The maximum Gasteiger partial charge on any atom is 0.121 e. The van der Waals surface area contributed by atoms with Crippen LogP contribution in [-0.2, 0) is 6.61 Å². The van der Waals surface area contributed by atoms with Gasteiger partial charge in [0, 0.05) is 5.56 Å². The molecule has 4 nitrogen and oxygen atoms in total. The molecule has 0 bridgehead atoms. The third kappa shape index (κ3) is 4.00. The SMILES string of the molecule is CC(O)C(O)/C=C/C=C/c1cccc(O)c1CO. The summed E-state index contributed by atoms with van der Waals surface area (Å²) in [7, 11) is 0. The van der Waals surface area contributed by atoms with Gasteiger partial charge in [-0.25, -0.2) is 0 Å². The Morgan fingerprint density at radius 3 is 2.56 bits per heavy atom. The average molecular weight is 250 g/mol. The minimum Gasteiger partial charge on any atom is -0.508 e. The van der Waals surface area contributed by atoms with Crippen molar-refractivity contribution in [2.24, 2.45) is 0 Å². The van der Waals surface area contributed by atoms with Crippen LogP contribution >= 0.6 is 0 Å².